The van der Waals surface area contributed by atoms with Crippen LogP contribution in [0.3, 0.4) is 0 Å². The number of hydrogen-bond donors (Lipinski definition) is 1. The van der Waals surface area contributed by atoms with Gasteiger partial charge in [0.05, 0.1) is 19.4 Å². The molecule has 0 unspecified atom stereocenters. The fourth-order valence-electron chi connectivity index (χ4n) is 4.15. The maximum Gasteiger partial charge on any atom is 0.257 e. The van der Waals surface area contributed by atoms with Gasteiger partial charge in [-0.2, -0.15) is 0 Å². The van der Waals surface area contributed by atoms with Crippen LogP contribution in [0.15, 0.2) is 33.7 Å². The molecule has 8 nitrogen and oxygen atoms in total. The SMILES string of the molecule is CCC(CC)C(=O)N1CCc2c(C(=O)N[C@H](C)c3ccco3)c(OC)cc(=O)n2CC1. The monoisotopic (exact) mass is 429 g/mol. The highest BCUT2D eigenvalue weighted by molar-refractivity contribution is 5.98. The van der Waals surface area contributed by atoms with E-state index in [-0.39, 0.29) is 35.1 Å². The van der Waals surface area contributed by atoms with E-state index in [0.717, 1.165) is 12.8 Å². The molecule has 168 valence electrons. The van der Waals surface area contributed by atoms with Gasteiger partial charge in [0, 0.05) is 43.7 Å². The van der Waals surface area contributed by atoms with Gasteiger partial charge in [-0.3, -0.25) is 14.4 Å². The molecule has 1 aliphatic rings. The van der Waals surface area contributed by atoms with Gasteiger partial charge in [-0.25, -0.2) is 0 Å². The molecule has 2 aromatic heterocycles. The Bertz CT molecular complexity index is 976. The molecule has 0 bridgehead atoms. The summed E-state index contributed by atoms with van der Waals surface area (Å²) in [7, 11) is 1.44. The Morgan fingerprint density at radius 1 is 1.23 bits per heavy atom. The summed E-state index contributed by atoms with van der Waals surface area (Å²) in [6.07, 6.45) is 3.52. The standard InChI is InChI=1S/C23H31N3O5/c1-5-16(6-2)23(29)25-10-9-17-21(19(30-4)14-20(27)26(17)12-11-25)22(28)24-15(3)18-8-7-13-31-18/h7-8,13-16H,5-6,9-12H2,1-4H3,(H,24,28)/t15-/m1/s1. The second-order valence-electron chi connectivity index (χ2n) is 7.82. The summed E-state index contributed by atoms with van der Waals surface area (Å²) in [5.74, 6) is 0.609. The van der Waals surface area contributed by atoms with Crippen molar-refractivity contribution in [3.8, 4) is 5.75 Å². The summed E-state index contributed by atoms with van der Waals surface area (Å²) < 4.78 is 12.4. The van der Waals surface area contributed by atoms with Crippen molar-refractivity contribution in [2.24, 2.45) is 5.92 Å². The summed E-state index contributed by atoms with van der Waals surface area (Å²) in [5, 5.41) is 2.93. The highest BCUT2D eigenvalue weighted by Gasteiger charge is 2.29. The van der Waals surface area contributed by atoms with Crippen molar-refractivity contribution < 1.29 is 18.7 Å². The topological polar surface area (TPSA) is 93.8 Å². The number of carbonyl (C=O) groups is 2. The average Bonchev–Trinajstić information content (AvgIpc) is 3.21. The van der Waals surface area contributed by atoms with Gasteiger partial charge >= 0.3 is 0 Å². The fourth-order valence-corrected chi connectivity index (χ4v) is 4.15. The van der Waals surface area contributed by atoms with Crippen molar-refractivity contribution in [3.05, 3.63) is 51.8 Å². The van der Waals surface area contributed by atoms with Gasteiger partial charge in [-0.15, -0.1) is 0 Å². The molecular weight excluding hydrogens is 398 g/mol. The number of nitrogens with one attached hydrogen (secondary N) is 1. The van der Waals surface area contributed by atoms with Crippen LogP contribution in [0.5, 0.6) is 5.75 Å². The van der Waals surface area contributed by atoms with Crippen molar-refractivity contribution in [3.63, 3.8) is 0 Å². The third-order valence-corrected chi connectivity index (χ3v) is 6.00. The molecule has 0 radical (unpaired) electrons. The van der Waals surface area contributed by atoms with Crippen molar-refractivity contribution >= 4 is 11.8 Å². The third-order valence-electron chi connectivity index (χ3n) is 6.00. The molecule has 0 saturated heterocycles. The third kappa shape index (κ3) is 4.68. The molecule has 2 amide bonds. The molecule has 31 heavy (non-hydrogen) atoms. The quantitative estimate of drug-likeness (QED) is 0.730. The molecule has 0 aromatic carbocycles. The van der Waals surface area contributed by atoms with Crippen LogP contribution in [0.25, 0.3) is 0 Å². The maximum atomic E-state index is 13.2. The lowest BCUT2D eigenvalue weighted by Gasteiger charge is -2.24. The van der Waals surface area contributed by atoms with Gasteiger partial charge in [0.1, 0.15) is 17.1 Å². The van der Waals surface area contributed by atoms with Gasteiger partial charge in [-0.05, 0) is 31.9 Å². The molecule has 3 rings (SSSR count). The minimum Gasteiger partial charge on any atom is -0.496 e. The number of methoxy groups -OCH3 is 1. The Hall–Kier alpha value is -3.03. The first-order valence-electron chi connectivity index (χ1n) is 10.8. The van der Waals surface area contributed by atoms with Gasteiger partial charge < -0.3 is 23.9 Å². The molecule has 0 saturated carbocycles. The number of fused-ring (bicyclic) bond motifs is 1. The molecular formula is C23H31N3O5. The number of carbonyl (C=O) groups excluding carboxylic acids is 2. The lowest BCUT2D eigenvalue weighted by atomic mass is 10.0. The predicted octanol–water partition coefficient (Wildman–Crippen LogP) is 2.76. The van der Waals surface area contributed by atoms with Crippen molar-refractivity contribution in [2.45, 2.75) is 52.6 Å². The first kappa shape index (κ1) is 22.7. The summed E-state index contributed by atoms with van der Waals surface area (Å²) in [4.78, 5) is 40.7. The van der Waals surface area contributed by atoms with Crippen LogP contribution in [-0.2, 0) is 17.8 Å². The Labute approximate surface area is 182 Å². The second-order valence-corrected chi connectivity index (χ2v) is 7.82. The molecule has 0 spiro atoms. The number of ether oxygens (including phenoxy) is 1. The minimum atomic E-state index is -0.349. The lowest BCUT2D eigenvalue weighted by Crippen LogP contribution is -2.38. The van der Waals surface area contributed by atoms with E-state index in [1.54, 1.807) is 23.0 Å². The van der Waals surface area contributed by atoms with Crippen LogP contribution in [-0.4, -0.2) is 41.5 Å². The van der Waals surface area contributed by atoms with Crippen LogP contribution >= 0.6 is 0 Å². The highest BCUT2D eigenvalue weighted by Crippen LogP contribution is 2.25. The van der Waals surface area contributed by atoms with E-state index in [1.165, 1.54) is 13.2 Å². The molecule has 0 fully saturated rings. The van der Waals surface area contributed by atoms with E-state index < -0.39 is 0 Å². The molecule has 3 heterocycles. The van der Waals surface area contributed by atoms with Crippen molar-refractivity contribution in [2.75, 3.05) is 20.2 Å². The molecule has 0 aliphatic carbocycles. The number of rotatable bonds is 7. The zero-order valence-corrected chi connectivity index (χ0v) is 18.6. The summed E-state index contributed by atoms with van der Waals surface area (Å²) in [5.41, 5.74) is 0.685. The van der Waals surface area contributed by atoms with E-state index in [9.17, 15) is 14.4 Å². The normalized spacial score (nSPS) is 14.7. The van der Waals surface area contributed by atoms with Gasteiger partial charge in [0.15, 0.2) is 0 Å². The smallest absolute Gasteiger partial charge is 0.257 e. The van der Waals surface area contributed by atoms with E-state index in [0.29, 0.717) is 43.1 Å². The first-order valence-corrected chi connectivity index (χ1v) is 10.8. The first-order chi connectivity index (χ1) is 14.9. The van der Waals surface area contributed by atoms with Crippen LogP contribution < -0.4 is 15.6 Å². The van der Waals surface area contributed by atoms with Crippen molar-refractivity contribution in [1.29, 1.82) is 0 Å². The lowest BCUT2D eigenvalue weighted by molar-refractivity contribution is -0.135. The van der Waals surface area contributed by atoms with E-state index >= 15 is 0 Å². The number of amides is 2. The Balaban J connectivity index is 1.92. The summed E-state index contributed by atoms with van der Waals surface area (Å²) >= 11 is 0. The second kappa shape index (κ2) is 9.85. The van der Waals surface area contributed by atoms with Crippen LogP contribution in [0.1, 0.15) is 61.5 Å². The van der Waals surface area contributed by atoms with E-state index in [1.807, 2.05) is 25.7 Å². The predicted molar refractivity (Wildman–Crippen MR) is 116 cm³/mol. The van der Waals surface area contributed by atoms with Gasteiger partial charge in [0.2, 0.25) is 5.91 Å². The number of hydrogen-bond acceptors (Lipinski definition) is 5. The zero-order valence-electron chi connectivity index (χ0n) is 18.6. The van der Waals surface area contributed by atoms with Crippen LogP contribution in [0, 0.1) is 5.92 Å². The van der Waals surface area contributed by atoms with E-state index in [2.05, 4.69) is 5.32 Å². The maximum absolute atomic E-state index is 13.2. The van der Waals surface area contributed by atoms with Gasteiger partial charge in [-0.1, -0.05) is 13.8 Å². The fraction of sp³-hybridized carbons (Fsp3) is 0.522. The molecule has 2 aromatic rings. The largest absolute Gasteiger partial charge is 0.496 e. The molecule has 1 N–H and O–H groups in total. The Morgan fingerprint density at radius 3 is 2.58 bits per heavy atom. The van der Waals surface area contributed by atoms with Crippen LogP contribution in [0.2, 0.25) is 0 Å². The summed E-state index contributed by atoms with van der Waals surface area (Å²) in [6, 6.07) is 4.55. The Kier molecular flexibility index (Phi) is 7.20. The Morgan fingerprint density at radius 2 is 1.97 bits per heavy atom. The number of pyridine rings is 1. The number of furan rings is 1. The summed E-state index contributed by atoms with van der Waals surface area (Å²) in [6.45, 7) is 7.09. The molecule has 1 aliphatic heterocycles. The van der Waals surface area contributed by atoms with Gasteiger partial charge in [0.25, 0.3) is 11.5 Å². The van der Waals surface area contributed by atoms with Crippen molar-refractivity contribution in [1.82, 2.24) is 14.8 Å². The number of aromatic nitrogens is 1. The number of nitrogens with zero attached hydrogens (tertiary/aromatic N) is 2. The highest BCUT2D eigenvalue weighted by atomic mass is 16.5. The van der Waals surface area contributed by atoms with E-state index in [4.69, 9.17) is 9.15 Å². The molecule has 1 atom stereocenters. The zero-order chi connectivity index (χ0) is 22.5. The molecule has 8 heteroatoms. The minimum absolute atomic E-state index is 0.0237. The van der Waals surface area contributed by atoms with Crippen LogP contribution in [0.4, 0.5) is 0 Å². The average molecular weight is 430 g/mol.